The second-order valence-corrected chi connectivity index (χ2v) is 4.86. The van der Waals surface area contributed by atoms with E-state index in [1.807, 2.05) is 0 Å². The Labute approximate surface area is 114 Å². The van der Waals surface area contributed by atoms with Gasteiger partial charge in [-0.25, -0.2) is 13.2 Å². The van der Waals surface area contributed by atoms with Crippen molar-refractivity contribution in [1.82, 2.24) is 4.90 Å². The first-order valence-electron chi connectivity index (χ1n) is 6.06. The Kier molecular flexibility index (Phi) is 4.34. The minimum atomic E-state index is -1.57. The van der Waals surface area contributed by atoms with Crippen LogP contribution in [0.1, 0.15) is 29.6 Å². The Morgan fingerprint density at radius 3 is 2.47 bits per heavy atom. The molecule has 1 saturated heterocycles. The van der Waals surface area contributed by atoms with Gasteiger partial charge >= 0.3 is 0 Å². The predicted octanol–water partition coefficient (Wildman–Crippen LogP) is 3.34. The molecule has 1 aromatic carbocycles. The van der Waals surface area contributed by atoms with Crippen molar-refractivity contribution in [3.63, 3.8) is 0 Å². The molecule has 104 valence electrons. The Morgan fingerprint density at radius 1 is 1.26 bits per heavy atom. The van der Waals surface area contributed by atoms with Crippen LogP contribution in [-0.2, 0) is 0 Å². The Morgan fingerprint density at radius 2 is 1.89 bits per heavy atom. The molecule has 1 aliphatic rings. The molecule has 1 unspecified atom stereocenters. The van der Waals surface area contributed by atoms with Crippen LogP contribution in [0.2, 0.25) is 0 Å². The molecule has 6 heteroatoms. The third-order valence-corrected chi connectivity index (χ3v) is 3.65. The summed E-state index contributed by atoms with van der Waals surface area (Å²) in [5, 5.41) is 0. The molecule has 0 aromatic heterocycles. The lowest BCUT2D eigenvalue weighted by Gasteiger charge is -2.34. The van der Waals surface area contributed by atoms with Crippen LogP contribution in [0.4, 0.5) is 13.2 Å². The second-order valence-electron chi connectivity index (χ2n) is 4.56. The van der Waals surface area contributed by atoms with Crippen LogP contribution < -0.4 is 0 Å². The van der Waals surface area contributed by atoms with Gasteiger partial charge in [-0.3, -0.25) is 4.79 Å². The normalized spacial score (nSPS) is 19.6. The molecule has 1 aliphatic heterocycles. The highest BCUT2D eigenvalue weighted by molar-refractivity contribution is 6.18. The number of carbonyl (C=O) groups excluding carboxylic acids is 1. The van der Waals surface area contributed by atoms with Crippen LogP contribution in [0.3, 0.4) is 0 Å². The summed E-state index contributed by atoms with van der Waals surface area (Å²) in [5.74, 6) is -4.52. The number of likely N-dealkylation sites (tertiary alicyclic amines) is 1. The van der Waals surface area contributed by atoms with E-state index in [0.717, 1.165) is 31.4 Å². The molecule has 1 atom stereocenters. The van der Waals surface area contributed by atoms with Gasteiger partial charge in [-0.05, 0) is 31.4 Å². The van der Waals surface area contributed by atoms with Gasteiger partial charge in [0.25, 0.3) is 5.91 Å². The first kappa shape index (κ1) is 14.2. The average Bonchev–Trinajstić information content (AvgIpc) is 2.43. The molecule has 1 aromatic rings. The molecule has 0 aliphatic carbocycles. The average molecular weight is 292 g/mol. The topological polar surface area (TPSA) is 20.3 Å². The summed E-state index contributed by atoms with van der Waals surface area (Å²) in [6, 6.07) is 1.31. The number of benzene rings is 1. The molecule has 1 heterocycles. The van der Waals surface area contributed by atoms with Gasteiger partial charge in [0.05, 0.1) is 0 Å². The van der Waals surface area contributed by atoms with Crippen molar-refractivity contribution in [3.05, 3.63) is 35.1 Å². The summed E-state index contributed by atoms with van der Waals surface area (Å²) in [6.45, 7) is 0.497. The molecule has 19 heavy (non-hydrogen) atoms. The van der Waals surface area contributed by atoms with Crippen molar-refractivity contribution >= 4 is 17.5 Å². The van der Waals surface area contributed by atoms with Crippen molar-refractivity contribution in [2.45, 2.75) is 25.3 Å². The van der Waals surface area contributed by atoms with Crippen LogP contribution >= 0.6 is 11.6 Å². The van der Waals surface area contributed by atoms with Gasteiger partial charge < -0.3 is 4.90 Å². The number of rotatable bonds is 2. The van der Waals surface area contributed by atoms with E-state index in [-0.39, 0.29) is 17.5 Å². The van der Waals surface area contributed by atoms with Gasteiger partial charge in [0, 0.05) is 24.0 Å². The quantitative estimate of drug-likeness (QED) is 0.604. The van der Waals surface area contributed by atoms with Crippen molar-refractivity contribution in [2.75, 3.05) is 12.4 Å². The highest BCUT2D eigenvalue weighted by Gasteiger charge is 2.28. The monoisotopic (exact) mass is 291 g/mol. The summed E-state index contributed by atoms with van der Waals surface area (Å²) in [7, 11) is 0. The van der Waals surface area contributed by atoms with Crippen LogP contribution in [0, 0.1) is 17.5 Å². The zero-order chi connectivity index (χ0) is 14.0. The smallest absolute Gasteiger partial charge is 0.254 e. The molecule has 1 amide bonds. The van der Waals surface area contributed by atoms with Gasteiger partial charge in [-0.2, -0.15) is 0 Å². The van der Waals surface area contributed by atoms with Crippen LogP contribution in [-0.4, -0.2) is 29.3 Å². The summed E-state index contributed by atoms with van der Waals surface area (Å²) in [6.07, 6.45) is 2.56. The van der Waals surface area contributed by atoms with Gasteiger partial charge in [0.1, 0.15) is 0 Å². The molecule has 2 nitrogen and oxygen atoms in total. The maximum Gasteiger partial charge on any atom is 0.254 e. The summed E-state index contributed by atoms with van der Waals surface area (Å²) < 4.78 is 39.1. The van der Waals surface area contributed by atoms with Crippen molar-refractivity contribution < 1.29 is 18.0 Å². The SMILES string of the molecule is O=C(c1cc(F)c(F)c(F)c1)N1CCCCC1CCl. The van der Waals surface area contributed by atoms with E-state index in [1.54, 1.807) is 0 Å². The van der Waals surface area contributed by atoms with Crippen LogP contribution in [0.25, 0.3) is 0 Å². The summed E-state index contributed by atoms with van der Waals surface area (Å²) in [4.78, 5) is 13.7. The maximum absolute atomic E-state index is 13.1. The lowest BCUT2D eigenvalue weighted by atomic mass is 10.0. The minimum absolute atomic E-state index is 0.140. The van der Waals surface area contributed by atoms with E-state index >= 15 is 0 Å². The van der Waals surface area contributed by atoms with Crippen molar-refractivity contribution in [1.29, 1.82) is 0 Å². The number of nitrogens with zero attached hydrogens (tertiary/aromatic N) is 1. The van der Waals surface area contributed by atoms with E-state index in [0.29, 0.717) is 6.54 Å². The fourth-order valence-corrected chi connectivity index (χ4v) is 2.59. The maximum atomic E-state index is 13.1. The lowest BCUT2D eigenvalue weighted by Crippen LogP contribution is -2.44. The Bertz CT molecular complexity index is 472. The number of halogens is 4. The Hall–Kier alpha value is -1.23. The molecule has 1 fully saturated rings. The van der Waals surface area contributed by atoms with E-state index in [2.05, 4.69) is 0 Å². The molecule has 0 saturated carbocycles. The number of amides is 1. The van der Waals surface area contributed by atoms with E-state index in [9.17, 15) is 18.0 Å². The number of carbonyl (C=O) groups is 1. The minimum Gasteiger partial charge on any atom is -0.334 e. The molecule has 0 radical (unpaired) electrons. The zero-order valence-corrected chi connectivity index (χ0v) is 10.9. The molecule has 0 bridgehead atoms. The number of piperidine rings is 1. The number of hydrogen-bond donors (Lipinski definition) is 0. The van der Waals surface area contributed by atoms with E-state index in [1.165, 1.54) is 4.90 Å². The van der Waals surface area contributed by atoms with Gasteiger partial charge in [0.2, 0.25) is 0 Å². The first-order valence-corrected chi connectivity index (χ1v) is 6.59. The molecule has 0 N–H and O–H groups in total. The number of hydrogen-bond acceptors (Lipinski definition) is 1. The summed E-state index contributed by atoms with van der Waals surface area (Å²) >= 11 is 5.79. The summed E-state index contributed by atoms with van der Waals surface area (Å²) in [5.41, 5.74) is -0.187. The fraction of sp³-hybridized carbons (Fsp3) is 0.462. The van der Waals surface area contributed by atoms with E-state index in [4.69, 9.17) is 11.6 Å². The third-order valence-electron chi connectivity index (χ3n) is 3.30. The molecule has 2 rings (SSSR count). The molecular weight excluding hydrogens is 279 g/mol. The van der Waals surface area contributed by atoms with Crippen molar-refractivity contribution in [2.24, 2.45) is 0 Å². The standard InChI is InChI=1S/C13H13ClF3NO/c14-7-9-3-1-2-4-18(9)13(19)8-5-10(15)12(17)11(16)6-8/h5-6,9H,1-4,7H2. The lowest BCUT2D eigenvalue weighted by molar-refractivity contribution is 0.0638. The van der Waals surface area contributed by atoms with Gasteiger partial charge in [-0.1, -0.05) is 0 Å². The zero-order valence-electron chi connectivity index (χ0n) is 10.1. The predicted molar refractivity (Wildman–Crippen MR) is 65.7 cm³/mol. The van der Waals surface area contributed by atoms with Crippen LogP contribution in [0.15, 0.2) is 12.1 Å². The van der Waals surface area contributed by atoms with Gasteiger partial charge in [-0.15, -0.1) is 11.6 Å². The highest BCUT2D eigenvalue weighted by Crippen LogP contribution is 2.22. The van der Waals surface area contributed by atoms with Crippen molar-refractivity contribution in [3.8, 4) is 0 Å². The highest BCUT2D eigenvalue weighted by atomic mass is 35.5. The first-order chi connectivity index (χ1) is 9.04. The van der Waals surface area contributed by atoms with Crippen LogP contribution in [0.5, 0.6) is 0 Å². The van der Waals surface area contributed by atoms with E-state index < -0.39 is 23.4 Å². The molecule has 0 spiro atoms. The largest absolute Gasteiger partial charge is 0.334 e. The number of alkyl halides is 1. The second kappa shape index (κ2) is 5.82. The third kappa shape index (κ3) is 2.86. The fourth-order valence-electron chi connectivity index (χ4n) is 2.27. The van der Waals surface area contributed by atoms with Gasteiger partial charge in [0.15, 0.2) is 17.5 Å². The Balaban J connectivity index is 2.28. The molecular formula is C13H13ClF3NO.